The molecule has 0 amide bonds. The van der Waals surface area contributed by atoms with E-state index in [0.29, 0.717) is 17.1 Å². The van der Waals surface area contributed by atoms with E-state index in [1.165, 1.54) is 0 Å². The second-order valence-corrected chi connectivity index (χ2v) is 3.41. The summed E-state index contributed by atoms with van der Waals surface area (Å²) >= 11 is 0. The molecule has 0 spiro atoms. The van der Waals surface area contributed by atoms with Crippen molar-refractivity contribution in [3.63, 3.8) is 0 Å². The molecule has 7 heteroatoms. The van der Waals surface area contributed by atoms with E-state index in [1.807, 2.05) is 0 Å². The predicted octanol–water partition coefficient (Wildman–Crippen LogP) is -0.186. The highest BCUT2D eigenvalue weighted by atomic mass is 16.7. The third-order valence-corrected chi connectivity index (χ3v) is 2.22. The molecule has 1 aliphatic rings. The maximum Gasteiger partial charge on any atom is 0.333 e. The van der Waals surface area contributed by atoms with Gasteiger partial charge >= 0.3 is 5.97 Å². The van der Waals surface area contributed by atoms with Crippen LogP contribution in [0.1, 0.15) is 11.6 Å². The van der Waals surface area contributed by atoms with Crippen molar-refractivity contribution in [3.05, 3.63) is 23.8 Å². The van der Waals surface area contributed by atoms with Crippen molar-refractivity contribution in [3.8, 4) is 11.5 Å². The Kier molecular flexibility index (Phi) is 2.73. The van der Waals surface area contributed by atoms with Crippen LogP contribution in [0.15, 0.2) is 23.2 Å². The molecule has 0 saturated heterocycles. The first-order valence-electron chi connectivity index (χ1n) is 4.79. The maximum absolute atomic E-state index is 11.0. The molecule has 0 fully saturated rings. The van der Waals surface area contributed by atoms with Gasteiger partial charge in [-0.2, -0.15) is 0 Å². The van der Waals surface area contributed by atoms with E-state index in [4.69, 9.17) is 26.0 Å². The highest BCUT2D eigenvalue weighted by Gasteiger charge is 2.22. The Morgan fingerprint density at radius 1 is 1.35 bits per heavy atom. The van der Waals surface area contributed by atoms with Crippen molar-refractivity contribution < 1.29 is 19.4 Å². The van der Waals surface area contributed by atoms with Crippen molar-refractivity contribution in [1.82, 2.24) is 0 Å². The summed E-state index contributed by atoms with van der Waals surface area (Å²) in [5, 5.41) is 9.03. The molecule has 7 nitrogen and oxygen atoms in total. The lowest BCUT2D eigenvalue weighted by Crippen LogP contribution is -2.25. The number of carboxylic acid groups (broad SMARTS) is 1. The van der Waals surface area contributed by atoms with Gasteiger partial charge in [-0.05, 0) is 17.7 Å². The van der Waals surface area contributed by atoms with Crippen LogP contribution in [0.3, 0.4) is 0 Å². The summed E-state index contributed by atoms with van der Waals surface area (Å²) in [6.07, 6.45) is 0. The fourth-order valence-electron chi connectivity index (χ4n) is 1.50. The summed E-state index contributed by atoms with van der Waals surface area (Å²) in [6, 6.07) is 3.61. The summed E-state index contributed by atoms with van der Waals surface area (Å²) < 4.78 is 10.3. The van der Waals surface area contributed by atoms with Crippen LogP contribution < -0.4 is 20.9 Å². The minimum absolute atomic E-state index is 0.124. The first-order chi connectivity index (χ1) is 8.08. The number of carboxylic acids is 1. The Hall–Kier alpha value is -2.44. The van der Waals surface area contributed by atoms with Crippen LogP contribution in [0.4, 0.5) is 0 Å². The van der Waals surface area contributed by atoms with E-state index < -0.39 is 12.0 Å². The molecule has 1 heterocycles. The van der Waals surface area contributed by atoms with Crippen LogP contribution in [-0.2, 0) is 4.79 Å². The molecule has 1 atom stereocenters. The molecule has 1 aromatic rings. The molecule has 90 valence electrons. The van der Waals surface area contributed by atoms with Gasteiger partial charge in [0.05, 0.1) is 0 Å². The normalized spacial score (nSPS) is 14.1. The van der Waals surface area contributed by atoms with Gasteiger partial charge < -0.3 is 26.0 Å². The number of carbonyl (C=O) groups is 1. The minimum Gasteiger partial charge on any atom is -0.479 e. The van der Waals surface area contributed by atoms with Crippen molar-refractivity contribution in [1.29, 1.82) is 0 Å². The van der Waals surface area contributed by atoms with E-state index in [-0.39, 0.29) is 12.8 Å². The molecule has 17 heavy (non-hydrogen) atoms. The SMILES string of the molecule is NC(N)=NC(C(=O)O)c1ccc2c(c1)OCO2. The Morgan fingerprint density at radius 2 is 2.06 bits per heavy atom. The van der Waals surface area contributed by atoms with Crippen LogP contribution in [0.2, 0.25) is 0 Å². The number of rotatable bonds is 3. The molecular weight excluding hydrogens is 226 g/mol. The van der Waals surface area contributed by atoms with E-state index in [9.17, 15) is 4.79 Å². The summed E-state index contributed by atoms with van der Waals surface area (Å²) in [4.78, 5) is 14.7. The molecular formula is C10H11N3O4. The number of hydrogen-bond donors (Lipinski definition) is 3. The van der Waals surface area contributed by atoms with Gasteiger partial charge in [0.1, 0.15) is 0 Å². The largest absolute Gasteiger partial charge is 0.479 e. The highest BCUT2D eigenvalue weighted by molar-refractivity contribution is 5.82. The molecule has 1 unspecified atom stereocenters. The zero-order valence-electron chi connectivity index (χ0n) is 8.79. The van der Waals surface area contributed by atoms with E-state index in [1.54, 1.807) is 18.2 Å². The number of aliphatic imine (C=N–C) groups is 1. The number of nitrogens with zero attached hydrogens (tertiary/aromatic N) is 1. The van der Waals surface area contributed by atoms with Crippen molar-refractivity contribution in [2.45, 2.75) is 6.04 Å². The van der Waals surface area contributed by atoms with Crippen molar-refractivity contribution in [2.75, 3.05) is 6.79 Å². The zero-order chi connectivity index (χ0) is 12.4. The Bertz CT molecular complexity index is 482. The third-order valence-electron chi connectivity index (χ3n) is 2.22. The molecule has 2 rings (SSSR count). The van der Waals surface area contributed by atoms with Crippen LogP contribution in [0.25, 0.3) is 0 Å². The fourth-order valence-corrected chi connectivity index (χ4v) is 1.50. The van der Waals surface area contributed by atoms with Gasteiger partial charge in [0.25, 0.3) is 0 Å². The minimum atomic E-state index is -1.14. The second kappa shape index (κ2) is 4.20. The highest BCUT2D eigenvalue weighted by Crippen LogP contribution is 2.34. The molecule has 1 aliphatic heterocycles. The van der Waals surface area contributed by atoms with Crippen LogP contribution >= 0.6 is 0 Å². The number of fused-ring (bicyclic) bond motifs is 1. The predicted molar refractivity (Wildman–Crippen MR) is 58.8 cm³/mol. The van der Waals surface area contributed by atoms with E-state index in [0.717, 1.165) is 0 Å². The average Bonchev–Trinajstić information content (AvgIpc) is 2.72. The van der Waals surface area contributed by atoms with Crippen LogP contribution in [0.5, 0.6) is 11.5 Å². The topological polar surface area (TPSA) is 120 Å². The molecule has 5 N–H and O–H groups in total. The summed E-state index contributed by atoms with van der Waals surface area (Å²) in [5.74, 6) is -0.366. The Balaban J connectivity index is 2.37. The molecule has 0 bridgehead atoms. The van der Waals surface area contributed by atoms with Gasteiger partial charge in [0, 0.05) is 0 Å². The molecule has 1 aromatic carbocycles. The first-order valence-corrected chi connectivity index (χ1v) is 4.79. The molecule has 0 aliphatic carbocycles. The van der Waals surface area contributed by atoms with Gasteiger partial charge in [-0.25, -0.2) is 9.79 Å². The lowest BCUT2D eigenvalue weighted by atomic mass is 10.1. The number of aliphatic carboxylic acids is 1. The summed E-state index contributed by atoms with van der Waals surface area (Å²) in [5.41, 5.74) is 10.8. The molecule has 0 radical (unpaired) electrons. The smallest absolute Gasteiger partial charge is 0.333 e. The first kappa shape index (κ1) is 11.1. The second-order valence-electron chi connectivity index (χ2n) is 3.41. The Morgan fingerprint density at radius 3 is 2.71 bits per heavy atom. The third kappa shape index (κ3) is 2.22. The van der Waals surface area contributed by atoms with Gasteiger partial charge in [-0.15, -0.1) is 0 Å². The standard InChI is InChI=1S/C10H11N3O4/c11-10(12)13-8(9(14)15)5-1-2-6-7(3-5)17-4-16-6/h1-3,8H,4H2,(H,14,15)(H4,11,12,13). The molecule has 0 aromatic heterocycles. The number of ether oxygens (including phenoxy) is 2. The van der Waals surface area contributed by atoms with E-state index in [2.05, 4.69) is 4.99 Å². The van der Waals surface area contributed by atoms with Crippen molar-refractivity contribution in [2.24, 2.45) is 16.5 Å². The van der Waals surface area contributed by atoms with Crippen LogP contribution in [0, 0.1) is 0 Å². The number of guanidine groups is 1. The summed E-state index contributed by atoms with van der Waals surface area (Å²) in [7, 11) is 0. The lowest BCUT2D eigenvalue weighted by Gasteiger charge is -2.08. The van der Waals surface area contributed by atoms with Gasteiger partial charge in [0.15, 0.2) is 23.5 Å². The summed E-state index contributed by atoms with van der Waals surface area (Å²) in [6.45, 7) is 0.124. The van der Waals surface area contributed by atoms with Crippen LogP contribution in [-0.4, -0.2) is 23.8 Å². The number of benzene rings is 1. The van der Waals surface area contributed by atoms with Crippen molar-refractivity contribution >= 4 is 11.9 Å². The maximum atomic E-state index is 11.0. The zero-order valence-corrected chi connectivity index (χ0v) is 8.79. The monoisotopic (exact) mass is 237 g/mol. The van der Waals surface area contributed by atoms with Gasteiger partial charge in [0.2, 0.25) is 6.79 Å². The van der Waals surface area contributed by atoms with E-state index >= 15 is 0 Å². The van der Waals surface area contributed by atoms with Gasteiger partial charge in [-0.3, -0.25) is 0 Å². The number of nitrogens with two attached hydrogens (primary N) is 2. The van der Waals surface area contributed by atoms with Gasteiger partial charge in [-0.1, -0.05) is 6.07 Å². The average molecular weight is 237 g/mol. The number of hydrogen-bond acceptors (Lipinski definition) is 4. The fraction of sp³-hybridized carbons (Fsp3) is 0.200. The lowest BCUT2D eigenvalue weighted by molar-refractivity contribution is -0.138. The quantitative estimate of drug-likeness (QED) is 0.495. The Labute approximate surface area is 96.6 Å². The molecule has 0 saturated carbocycles.